The van der Waals surface area contributed by atoms with Crippen LogP contribution in [-0.2, 0) is 6.54 Å². The summed E-state index contributed by atoms with van der Waals surface area (Å²) in [4.78, 5) is 20.3. The number of amides is 1. The SMILES string of the molecule is O=C(Nc1ccc(Cl)c(Cl)c1)c1cnc(NCc2ccccc2F)nc1. The first kappa shape index (κ1) is 18.1. The molecule has 3 aromatic rings. The number of rotatable bonds is 5. The van der Waals surface area contributed by atoms with Crippen LogP contribution in [0.25, 0.3) is 0 Å². The second-order valence-electron chi connectivity index (χ2n) is 5.32. The van der Waals surface area contributed by atoms with Crippen LogP contribution in [0.1, 0.15) is 15.9 Å². The summed E-state index contributed by atoms with van der Waals surface area (Å²) in [5.74, 6) is -0.402. The van der Waals surface area contributed by atoms with Crippen molar-refractivity contribution in [1.82, 2.24) is 9.97 Å². The summed E-state index contributed by atoms with van der Waals surface area (Å²) in [7, 11) is 0. The third-order valence-electron chi connectivity index (χ3n) is 3.49. The van der Waals surface area contributed by atoms with Crippen molar-refractivity contribution in [3.05, 3.63) is 81.8 Å². The zero-order chi connectivity index (χ0) is 18.5. The van der Waals surface area contributed by atoms with Crippen molar-refractivity contribution in [2.24, 2.45) is 0 Å². The highest BCUT2D eigenvalue weighted by Crippen LogP contribution is 2.25. The summed E-state index contributed by atoms with van der Waals surface area (Å²) < 4.78 is 13.6. The van der Waals surface area contributed by atoms with Crippen LogP contribution in [0.3, 0.4) is 0 Å². The maximum Gasteiger partial charge on any atom is 0.258 e. The van der Waals surface area contributed by atoms with Crippen molar-refractivity contribution in [2.75, 3.05) is 10.6 Å². The summed E-state index contributed by atoms with van der Waals surface area (Å²) in [6.07, 6.45) is 2.76. The minimum atomic E-state index is -0.385. The topological polar surface area (TPSA) is 66.9 Å². The van der Waals surface area contributed by atoms with E-state index in [-0.39, 0.29) is 23.8 Å². The van der Waals surface area contributed by atoms with E-state index in [0.717, 1.165) is 0 Å². The number of hydrogen-bond donors (Lipinski definition) is 2. The third kappa shape index (κ3) is 4.47. The Labute approximate surface area is 159 Å². The van der Waals surface area contributed by atoms with E-state index in [2.05, 4.69) is 20.6 Å². The molecule has 1 amide bonds. The largest absolute Gasteiger partial charge is 0.350 e. The molecule has 8 heteroatoms. The van der Waals surface area contributed by atoms with Gasteiger partial charge in [-0.3, -0.25) is 4.79 Å². The predicted molar refractivity (Wildman–Crippen MR) is 100 cm³/mol. The maximum atomic E-state index is 13.6. The Morgan fingerprint density at radius 3 is 2.46 bits per heavy atom. The first-order valence-electron chi connectivity index (χ1n) is 7.58. The Hall–Kier alpha value is -2.70. The lowest BCUT2D eigenvalue weighted by Crippen LogP contribution is -2.13. The number of aromatic nitrogens is 2. The number of hydrogen-bond acceptors (Lipinski definition) is 4. The molecule has 3 rings (SSSR count). The molecule has 26 heavy (non-hydrogen) atoms. The molecular formula is C18H13Cl2FN4O. The van der Waals surface area contributed by atoms with Gasteiger partial charge in [-0.05, 0) is 24.3 Å². The van der Waals surface area contributed by atoms with E-state index in [9.17, 15) is 9.18 Å². The second-order valence-corrected chi connectivity index (χ2v) is 6.14. The van der Waals surface area contributed by atoms with Crippen molar-refractivity contribution in [3.63, 3.8) is 0 Å². The number of benzene rings is 2. The Morgan fingerprint density at radius 2 is 1.77 bits per heavy atom. The molecule has 0 saturated carbocycles. The van der Waals surface area contributed by atoms with E-state index in [4.69, 9.17) is 23.2 Å². The van der Waals surface area contributed by atoms with Gasteiger partial charge in [-0.15, -0.1) is 0 Å². The number of halogens is 3. The summed E-state index contributed by atoms with van der Waals surface area (Å²) in [6.45, 7) is 0.238. The van der Waals surface area contributed by atoms with Crippen molar-refractivity contribution >= 4 is 40.7 Å². The molecule has 0 aliphatic carbocycles. The van der Waals surface area contributed by atoms with Crippen molar-refractivity contribution < 1.29 is 9.18 Å². The lowest BCUT2D eigenvalue weighted by molar-refractivity contribution is 0.102. The molecule has 1 aromatic heterocycles. The van der Waals surface area contributed by atoms with Gasteiger partial charge < -0.3 is 10.6 Å². The summed E-state index contributed by atoms with van der Waals surface area (Å²) in [5, 5.41) is 6.33. The van der Waals surface area contributed by atoms with Gasteiger partial charge >= 0.3 is 0 Å². The van der Waals surface area contributed by atoms with Crippen LogP contribution >= 0.6 is 23.2 Å². The molecule has 132 valence electrons. The van der Waals surface area contributed by atoms with E-state index < -0.39 is 0 Å². The smallest absolute Gasteiger partial charge is 0.258 e. The average Bonchev–Trinajstić information content (AvgIpc) is 2.64. The molecule has 0 aliphatic heterocycles. The number of carbonyl (C=O) groups is 1. The second kappa shape index (κ2) is 8.12. The van der Waals surface area contributed by atoms with Crippen LogP contribution < -0.4 is 10.6 Å². The Balaban J connectivity index is 1.62. The van der Waals surface area contributed by atoms with E-state index in [0.29, 0.717) is 27.2 Å². The average molecular weight is 391 g/mol. The lowest BCUT2D eigenvalue weighted by Gasteiger charge is -2.08. The van der Waals surface area contributed by atoms with Gasteiger partial charge in [0.1, 0.15) is 5.82 Å². The molecule has 0 fully saturated rings. The van der Waals surface area contributed by atoms with Crippen LogP contribution in [0.15, 0.2) is 54.9 Å². The molecule has 2 N–H and O–H groups in total. The van der Waals surface area contributed by atoms with Gasteiger partial charge in [-0.25, -0.2) is 14.4 Å². The maximum absolute atomic E-state index is 13.6. The number of nitrogens with one attached hydrogen (secondary N) is 2. The minimum Gasteiger partial charge on any atom is -0.350 e. The predicted octanol–water partition coefficient (Wildman–Crippen LogP) is 4.79. The molecule has 2 aromatic carbocycles. The molecule has 1 heterocycles. The normalized spacial score (nSPS) is 10.4. The number of carbonyl (C=O) groups excluding carboxylic acids is 1. The monoisotopic (exact) mass is 390 g/mol. The first-order valence-corrected chi connectivity index (χ1v) is 8.34. The Kier molecular flexibility index (Phi) is 5.65. The molecule has 0 radical (unpaired) electrons. The van der Waals surface area contributed by atoms with Gasteiger partial charge in [0.05, 0.1) is 15.6 Å². The highest BCUT2D eigenvalue weighted by molar-refractivity contribution is 6.42. The summed E-state index contributed by atoms with van der Waals surface area (Å²) in [6, 6.07) is 11.2. The number of nitrogens with zero attached hydrogens (tertiary/aromatic N) is 2. The first-order chi connectivity index (χ1) is 12.5. The molecule has 0 bridgehead atoms. The van der Waals surface area contributed by atoms with Gasteiger partial charge in [0, 0.05) is 30.2 Å². The zero-order valence-electron chi connectivity index (χ0n) is 13.3. The Bertz CT molecular complexity index is 935. The molecule has 0 atom stereocenters. The van der Waals surface area contributed by atoms with Gasteiger partial charge in [-0.2, -0.15) is 0 Å². The number of anilines is 2. The summed E-state index contributed by atoms with van der Waals surface area (Å²) >= 11 is 11.8. The Morgan fingerprint density at radius 1 is 1.04 bits per heavy atom. The van der Waals surface area contributed by atoms with Crippen LogP contribution in [0.4, 0.5) is 16.0 Å². The highest BCUT2D eigenvalue weighted by Gasteiger charge is 2.09. The molecule has 0 unspecified atom stereocenters. The standard InChI is InChI=1S/C18H13Cl2FN4O/c19-14-6-5-13(7-15(14)20)25-17(26)12-9-23-18(24-10-12)22-8-11-3-1-2-4-16(11)21/h1-7,9-10H,8H2,(H,25,26)(H,22,23,24). The van der Waals surface area contributed by atoms with Gasteiger partial charge in [0.2, 0.25) is 5.95 Å². The fourth-order valence-corrected chi connectivity index (χ4v) is 2.43. The van der Waals surface area contributed by atoms with Crippen LogP contribution in [0, 0.1) is 5.82 Å². The fourth-order valence-electron chi connectivity index (χ4n) is 2.13. The fraction of sp³-hybridized carbons (Fsp3) is 0.0556. The molecule has 0 saturated heterocycles. The van der Waals surface area contributed by atoms with Crippen molar-refractivity contribution in [3.8, 4) is 0 Å². The summed E-state index contributed by atoms with van der Waals surface area (Å²) in [5.41, 5.74) is 1.27. The van der Waals surface area contributed by atoms with Gasteiger partial charge in [0.25, 0.3) is 5.91 Å². The lowest BCUT2D eigenvalue weighted by atomic mass is 10.2. The van der Waals surface area contributed by atoms with Crippen LogP contribution in [0.5, 0.6) is 0 Å². The molecule has 0 spiro atoms. The highest BCUT2D eigenvalue weighted by atomic mass is 35.5. The van der Waals surface area contributed by atoms with Gasteiger partial charge in [-0.1, -0.05) is 41.4 Å². The van der Waals surface area contributed by atoms with Crippen LogP contribution in [0.2, 0.25) is 10.0 Å². The molecular weight excluding hydrogens is 378 g/mol. The van der Waals surface area contributed by atoms with E-state index in [1.165, 1.54) is 18.5 Å². The van der Waals surface area contributed by atoms with E-state index >= 15 is 0 Å². The molecule has 0 aliphatic rings. The van der Waals surface area contributed by atoms with Crippen molar-refractivity contribution in [1.29, 1.82) is 0 Å². The van der Waals surface area contributed by atoms with Crippen LogP contribution in [-0.4, -0.2) is 15.9 Å². The minimum absolute atomic E-state index is 0.238. The van der Waals surface area contributed by atoms with Crippen molar-refractivity contribution in [2.45, 2.75) is 6.54 Å². The molecule has 5 nitrogen and oxygen atoms in total. The van der Waals surface area contributed by atoms with E-state index in [1.807, 2.05) is 0 Å². The quantitative estimate of drug-likeness (QED) is 0.657. The van der Waals surface area contributed by atoms with E-state index in [1.54, 1.807) is 36.4 Å². The third-order valence-corrected chi connectivity index (χ3v) is 4.23. The van der Waals surface area contributed by atoms with Gasteiger partial charge in [0.15, 0.2) is 0 Å². The zero-order valence-corrected chi connectivity index (χ0v) is 14.9.